The topological polar surface area (TPSA) is 26.0 Å². The molecule has 0 atom stereocenters. The van der Waals surface area contributed by atoms with Crippen LogP contribution in [0.1, 0.15) is 30.5 Å². The van der Waals surface area contributed by atoms with E-state index in [-0.39, 0.29) is 0 Å². The van der Waals surface area contributed by atoms with Gasteiger partial charge in [0.2, 0.25) is 0 Å². The fourth-order valence-electron chi connectivity index (χ4n) is 1.49. The molecule has 0 heterocycles. The molecule has 0 saturated heterocycles. The molecular weight excluding hydrogens is 146 g/mol. The summed E-state index contributed by atoms with van der Waals surface area (Å²) < 4.78 is 0. The van der Waals surface area contributed by atoms with Crippen LogP contribution in [0.15, 0.2) is 12.1 Å². The van der Waals surface area contributed by atoms with Crippen LogP contribution in [0.3, 0.4) is 0 Å². The highest BCUT2D eigenvalue weighted by atomic mass is 14.6. The molecule has 2 N–H and O–H groups in total. The van der Waals surface area contributed by atoms with E-state index in [9.17, 15) is 0 Å². The monoisotopic (exact) mass is 163 g/mol. The Hall–Kier alpha value is -0.980. The fourth-order valence-corrected chi connectivity index (χ4v) is 1.49. The molecule has 1 aromatic rings. The number of rotatable bonds is 2. The van der Waals surface area contributed by atoms with Gasteiger partial charge in [0, 0.05) is 5.69 Å². The van der Waals surface area contributed by atoms with Gasteiger partial charge in [-0.1, -0.05) is 19.9 Å². The molecule has 0 radical (unpaired) electrons. The molecule has 0 bridgehead atoms. The maximum absolute atomic E-state index is 5.82. The Kier molecular flexibility index (Phi) is 2.74. The Morgan fingerprint density at radius 3 is 2.08 bits per heavy atom. The molecule has 1 rings (SSSR count). The molecule has 1 heteroatoms. The van der Waals surface area contributed by atoms with Crippen molar-refractivity contribution < 1.29 is 0 Å². The molecule has 0 aromatic heterocycles. The van der Waals surface area contributed by atoms with Gasteiger partial charge in [-0.05, 0) is 42.5 Å². The Morgan fingerprint density at radius 1 is 1.08 bits per heavy atom. The summed E-state index contributed by atoms with van der Waals surface area (Å²) in [7, 11) is 0. The molecule has 0 unspecified atom stereocenters. The minimum atomic E-state index is 0.920. The van der Waals surface area contributed by atoms with Crippen LogP contribution in [0.2, 0.25) is 0 Å². The van der Waals surface area contributed by atoms with Gasteiger partial charge in [-0.2, -0.15) is 0 Å². The second-order valence-electron chi connectivity index (χ2n) is 3.18. The fraction of sp³-hybridized carbons (Fsp3) is 0.455. The van der Waals surface area contributed by atoms with Crippen molar-refractivity contribution in [3.05, 3.63) is 28.8 Å². The minimum absolute atomic E-state index is 0.920. The minimum Gasteiger partial charge on any atom is -0.399 e. The van der Waals surface area contributed by atoms with Gasteiger partial charge in [0.25, 0.3) is 0 Å². The number of anilines is 1. The number of nitrogen functional groups attached to an aromatic ring is 1. The van der Waals surface area contributed by atoms with Crippen LogP contribution >= 0.6 is 0 Å². The maximum atomic E-state index is 5.82. The first-order valence-electron chi connectivity index (χ1n) is 4.56. The molecule has 0 fully saturated rings. The van der Waals surface area contributed by atoms with E-state index in [0.29, 0.717) is 0 Å². The summed E-state index contributed by atoms with van der Waals surface area (Å²) in [5, 5.41) is 0. The molecule has 0 amide bonds. The van der Waals surface area contributed by atoms with E-state index in [1.165, 1.54) is 16.7 Å². The summed E-state index contributed by atoms with van der Waals surface area (Å²) in [5.41, 5.74) is 10.8. The summed E-state index contributed by atoms with van der Waals surface area (Å²) in [4.78, 5) is 0. The zero-order chi connectivity index (χ0) is 9.14. The third kappa shape index (κ3) is 1.60. The molecule has 0 saturated carbocycles. The van der Waals surface area contributed by atoms with Crippen LogP contribution < -0.4 is 5.73 Å². The van der Waals surface area contributed by atoms with Gasteiger partial charge < -0.3 is 5.73 Å². The molecule has 1 nitrogen and oxygen atoms in total. The lowest BCUT2D eigenvalue weighted by Crippen LogP contribution is -1.97. The second kappa shape index (κ2) is 3.61. The van der Waals surface area contributed by atoms with Crippen molar-refractivity contribution in [1.29, 1.82) is 0 Å². The first kappa shape index (κ1) is 9.11. The zero-order valence-electron chi connectivity index (χ0n) is 8.15. The van der Waals surface area contributed by atoms with Gasteiger partial charge in [0.05, 0.1) is 0 Å². The Bertz CT molecular complexity index is 248. The quantitative estimate of drug-likeness (QED) is 0.666. The van der Waals surface area contributed by atoms with E-state index in [0.717, 1.165) is 18.5 Å². The lowest BCUT2D eigenvalue weighted by molar-refractivity contribution is 1.03. The van der Waals surface area contributed by atoms with Crippen LogP contribution in [-0.4, -0.2) is 0 Å². The van der Waals surface area contributed by atoms with Gasteiger partial charge in [-0.25, -0.2) is 0 Å². The van der Waals surface area contributed by atoms with Crippen LogP contribution in [0.4, 0.5) is 5.69 Å². The first-order chi connectivity index (χ1) is 5.69. The molecule has 0 aliphatic rings. The second-order valence-corrected chi connectivity index (χ2v) is 3.18. The van der Waals surface area contributed by atoms with Crippen molar-refractivity contribution >= 4 is 5.69 Å². The standard InChI is InChI=1S/C11H17N/c1-4-9-6-8(3)11(12)7-10(9)5-2/h6-7H,4-5,12H2,1-3H3. The Labute approximate surface area is 74.6 Å². The summed E-state index contributed by atoms with van der Waals surface area (Å²) in [6, 6.07) is 4.31. The highest BCUT2D eigenvalue weighted by Gasteiger charge is 2.01. The Morgan fingerprint density at radius 2 is 1.58 bits per heavy atom. The van der Waals surface area contributed by atoms with Gasteiger partial charge in [0.15, 0.2) is 0 Å². The molecule has 0 spiro atoms. The third-order valence-corrected chi connectivity index (χ3v) is 2.35. The number of nitrogens with two attached hydrogens (primary N) is 1. The number of hydrogen-bond acceptors (Lipinski definition) is 1. The molecule has 66 valence electrons. The molecule has 12 heavy (non-hydrogen) atoms. The van der Waals surface area contributed by atoms with Gasteiger partial charge in [0.1, 0.15) is 0 Å². The SMILES string of the molecule is CCc1cc(C)c(N)cc1CC. The number of hydrogen-bond donors (Lipinski definition) is 1. The van der Waals surface area contributed by atoms with Gasteiger partial charge in [-0.3, -0.25) is 0 Å². The zero-order valence-corrected chi connectivity index (χ0v) is 8.15. The lowest BCUT2D eigenvalue weighted by atomic mass is 9.99. The van der Waals surface area contributed by atoms with Crippen molar-refractivity contribution in [1.82, 2.24) is 0 Å². The first-order valence-corrected chi connectivity index (χ1v) is 4.56. The van der Waals surface area contributed by atoms with Crippen LogP contribution in [0.5, 0.6) is 0 Å². The van der Waals surface area contributed by atoms with E-state index in [4.69, 9.17) is 5.73 Å². The van der Waals surface area contributed by atoms with Crippen molar-refractivity contribution in [2.75, 3.05) is 5.73 Å². The van der Waals surface area contributed by atoms with E-state index >= 15 is 0 Å². The average Bonchev–Trinajstić information content (AvgIpc) is 2.09. The normalized spacial score (nSPS) is 10.2. The lowest BCUT2D eigenvalue weighted by Gasteiger charge is -2.09. The molecule has 0 aliphatic carbocycles. The predicted octanol–water partition coefficient (Wildman–Crippen LogP) is 2.70. The van der Waals surface area contributed by atoms with E-state index in [1.807, 2.05) is 0 Å². The number of aryl methyl sites for hydroxylation is 3. The summed E-state index contributed by atoms with van der Waals surface area (Å²) >= 11 is 0. The summed E-state index contributed by atoms with van der Waals surface area (Å²) in [5.74, 6) is 0. The van der Waals surface area contributed by atoms with Crippen LogP contribution in [0, 0.1) is 6.92 Å². The molecule has 1 aromatic carbocycles. The van der Waals surface area contributed by atoms with Gasteiger partial charge in [-0.15, -0.1) is 0 Å². The van der Waals surface area contributed by atoms with Gasteiger partial charge >= 0.3 is 0 Å². The number of benzene rings is 1. The van der Waals surface area contributed by atoms with Crippen molar-refractivity contribution in [2.45, 2.75) is 33.6 Å². The van der Waals surface area contributed by atoms with Crippen molar-refractivity contribution in [3.63, 3.8) is 0 Å². The molecular formula is C11H17N. The Balaban J connectivity index is 3.19. The van der Waals surface area contributed by atoms with E-state index in [2.05, 4.69) is 32.9 Å². The summed E-state index contributed by atoms with van der Waals surface area (Å²) in [6.45, 7) is 6.42. The smallest absolute Gasteiger partial charge is 0.0346 e. The summed E-state index contributed by atoms with van der Waals surface area (Å²) in [6.07, 6.45) is 2.18. The maximum Gasteiger partial charge on any atom is 0.0346 e. The van der Waals surface area contributed by atoms with Crippen LogP contribution in [-0.2, 0) is 12.8 Å². The van der Waals surface area contributed by atoms with Crippen molar-refractivity contribution in [3.8, 4) is 0 Å². The van der Waals surface area contributed by atoms with Crippen molar-refractivity contribution in [2.24, 2.45) is 0 Å². The van der Waals surface area contributed by atoms with E-state index in [1.54, 1.807) is 0 Å². The van der Waals surface area contributed by atoms with Crippen LogP contribution in [0.25, 0.3) is 0 Å². The molecule has 0 aliphatic heterocycles. The van der Waals surface area contributed by atoms with E-state index < -0.39 is 0 Å². The largest absolute Gasteiger partial charge is 0.399 e. The average molecular weight is 163 g/mol. The highest BCUT2D eigenvalue weighted by Crippen LogP contribution is 2.19. The predicted molar refractivity (Wildman–Crippen MR) is 54.3 cm³/mol. The third-order valence-electron chi connectivity index (χ3n) is 2.35. The highest BCUT2D eigenvalue weighted by molar-refractivity contribution is 5.51.